The molecule has 0 bridgehead atoms. The monoisotopic (exact) mass is 243 g/mol. The van der Waals surface area contributed by atoms with Crippen molar-refractivity contribution in [3.63, 3.8) is 0 Å². The van der Waals surface area contributed by atoms with Gasteiger partial charge in [0.25, 0.3) is 0 Å². The first-order valence-electron chi connectivity index (χ1n) is 6.63. The minimum Gasteiger partial charge on any atom is -0.376 e. The molecule has 2 amide bonds. The zero-order valence-corrected chi connectivity index (χ0v) is 11.0. The van der Waals surface area contributed by atoms with Crippen LogP contribution in [0.3, 0.4) is 0 Å². The molecule has 0 aromatic heterocycles. The number of carbonyl (C=O) groups excluding carboxylic acids is 1. The fraction of sp³-hybridized carbons (Fsp3) is 0.917. The lowest BCUT2D eigenvalue weighted by Gasteiger charge is -2.23. The first kappa shape index (κ1) is 14.3. The van der Waals surface area contributed by atoms with Gasteiger partial charge in [0.1, 0.15) is 0 Å². The van der Waals surface area contributed by atoms with E-state index in [4.69, 9.17) is 4.74 Å². The van der Waals surface area contributed by atoms with Crippen molar-refractivity contribution in [2.45, 2.75) is 32.8 Å². The molecule has 1 heterocycles. The van der Waals surface area contributed by atoms with Crippen molar-refractivity contribution in [3.8, 4) is 0 Å². The van der Waals surface area contributed by atoms with Gasteiger partial charge in [-0.3, -0.25) is 0 Å². The number of nitrogens with zero attached hydrogens (tertiary/aromatic N) is 1. The van der Waals surface area contributed by atoms with E-state index in [1.54, 1.807) is 4.90 Å². The van der Waals surface area contributed by atoms with Crippen LogP contribution >= 0.6 is 0 Å². The van der Waals surface area contributed by atoms with Gasteiger partial charge in [-0.15, -0.1) is 0 Å². The third-order valence-corrected chi connectivity index (χ3v) is 3.07. The lowest BCUT2D eigenvalue weighted by molar-refractivity contribution is 0.0352. The second-order valence-corrected chi connectivity index (χ2v) is 4.22. The van der Waals surface area contributed by atoms with Crippen LogP contribution in [0.15, 0.2) is 0 Å². The molecular formula is C12H25N3O2. The van der Waals surface area contributed by atoms with Crippen molar-refractivity contribution >= 4 is 6.03 Å². The maximum atomic E-state index is 11.6. The Balaban J connectivity index is 2.04. The van der Waals surface area contributed by atoms with Gasteiger partial charge in [-0.1, -0.05) is 0 Å². The summed E-state index contributed by atoms with van der Waals surface area (Å²) in [6, 6.07) is 0.00362. The van der Waals surface area contributed by atoms with E-state index in [0.29, 0.717) is 19.3 Å². The number of rotatable bonds is 6. The van der Waals surface area contributed by atoms with Crippen LogP contribution in [0.5, 0.6) is 0 Å². The highest BCUT2D eigenvalue weighted by Crippen LogP contribution is 2.06. The Kier molecular flexibility index (Phi) is 6.96. The lowest BCUT2D eigenvalue weighted by atomic mass is 10.1. The Labute approximate surface area is 104 Å². The Morgan fingerprint density at radius 1 is 1.35 bits per heavy atom. The quantitative estimate of drug-likeness (QED) is 0.679. The van der Waals surface area contributed by atoms with Crippen LogP contribution in [0.2, 0.25) is 0 Å². The number of urea groups is 1. The molecular weight excluding hydrogens is 218 g/mol. The van der Waals surface area contributed by atoms with E-state index in [2.05, 4.69) is 10.6 Å². The highest BCUT2D eigenvalue weighted by atomic mass is 16.5. The number of hydrogen-bond acceptors (Lipinski definition) is 3. The summed E-state index contributed by atoms with van der Waals surface area (Å²) in [7, 11) is 0. The molecule has 1 saturated heterocycles. The summed E-state index contributed by atoms with van der Waals surface area (Å²) in [6.45, 7) is 8.74. The van der Waals surface area contributed by atoms with Crippen molar-refractivity contribution in [1.82, 2.24) is 15.5 Å². The molecule has 0 aliphatic carbocycles. The fourth-order valence-electron chi connectivity index (χ4n) is 1.97. The average Bonchev–Trinajstić information content (AvgIpc) is 2.37. The number of piperidine rings is 1. The number of carbonyl (C=O) groups is 1. The smallest absolute Gasteiger partial charge is 0.317 e. The summed E-state index contributed by atoms with van der Waals surface area (Å²) in [5, 5.41) is 6.17. The van der Waals surface area contributed by atoms with Crippen molar-refractivity contribution < 1.29 is 9.53 Å². The molecule has 100 valence electrons. The third kappa shape index (κ3) is 5.37. The molecule has 0 radical (unpaired) electrons. The predicted molar refractivity (Wildman–Crippen MR) is 68.2 cm³/mol. The molecule has 5 nitrogen and oxygen atoms in total. The largest absolute Gasteiger partial charge is 0.376 e. The van der Waals surface area contributed by atoms with Gasteiger partial charge in [0.2, 0.25) is 0 Å². The van der Waals surface area contributed by atoms with Crippen molar-refractivity contribution in [2.75, 3.05) is 39.3 Å². The summed E-state index contributed by atoms with van der Waals surface area (Å²) < 4.78 is 5.71. The fourth-order valence-corrected chi connectivity index (χ4v) is 1.97. The Morgan fingerprint density at radius 2 is 2.00 bits per heavy atom. The van der Waals surface area contributed by atoms with Gasteiger partial charge in [-0.05, 0) is 39.8 Å². The van der Waals surface area contributed by atoms with Gasteiger partial charge < -0.3 is 20.3 Å². The van der Waals surface area contributed by atoms with Gasteiger partial charge in [-0.25, -0.2) is 4.79 Å². The van der Waals surface area contributed by atoms with Crippen LogP contribution < -0.4 is 10.6 Å². The molecule has 0 saturated carbocycles. The minimum absolute atomic E-state index is 0.00362. The second kappa shape index (κ2) is 8.31. The lowest BCUT2D eigenvalue weighted by Crippen LogP contribution is -2.41. The molecule has 0 atom stereocenters. The number of hydrogen-bond donors (Lipinski definition) is 2. The summed E-state index contributed by atoms with van der Waals surface area (Å²) >= 11 is 0. The molecule has 0 spiro atoms. The van der Waals surface area contributed by atoms with Gasteiger partial charge in [0.15, 0.2) is 0 Å². The van der Waals surface area contributed by atoms with Crippen molar-refractivity contribution in [2.24, 2.45) is 0 Å². The normalized spacial score (nSPS) is 16.8. The maximum Gasteiger partial charge on any atom is 0.317 e. The number of ether oxygens (including phenoxy) is 1. The Hall–Kier alpha value is -0.810. The third-order valence-electron chi connectivity index (χ3n) is 3.07. The summed E-state index contributed by atoms with van der Waals surface area (Å²) in [5.74, 6) is 0. The van der Waals surface area contributed by atoms with Crippen LogP contribution in [0.4, 0.5) is 4.79 Å². The zero-order chi connectivity index (χ0) is 12.5. The molecule has 17 heavy (non-hydrogen) atoms. The van der Waals surface area contributed by atoms with Crippen LogP contribution in [0.25, 0.3) is 0 Å². The number of nitrogens with one attached hydrogen (secondary N) is 2. The van der Waals surface area contributed by atoms with Gasteiger partial charge in [0.05, 0.1) is 12.7 Å². The Bertz CT molecular complexity index is 214. The van der Waals surface area contributed by atoms with E-state index < -0.39 is 0 Å². The first-order chi connectivity index (χ1) is 8.27. The van der Waals surface area contributed by atoms with Crippen LogP contribution in [-0.4, -0.2) is 56.4 Å². The second-order valence-electron chi connectivity index (χ2n) is 4.22. The van der Waals surface area contributed by atoms with Crippen LogP contribution in [-0.2, 0) is 4.74 Å². The molecule has 5 heteroatoms. The molecule has 0 unspecified atom stereocenters. The van der Waals surface area contributed by atoms with Crippen molar-refractivity contribution in [1.29, 1.82) is 0 Å². The predicted octanol–water partition coefficient (Wildman–Crippen LogP) is 0.806. The van der Waals surface area contributed by atoms with E-state index in [1.807, 2.05) is 13.8 Å². The SMILES string of the molecule is CCN(CC)C(=O)NCCOC1CCNCC1. The van der Waals surface area contributed by atoms with Crippen LogP contribution in [0.1, 0.15) is 26.7 Å². The van der Waals surface area contributed by atoms with Gasteiger partial charge in [-0.2, -0.15) is 0 Å². The molecule has 1 rings (SSSR count). The number of amides is 2. The molecule has 1 aliphatic heterocycles. The summed E-state index contributed by atoms with van der Waals surface area (Å²) in [4.78, 5) is 13.4. The van der Waals surface area contributed by atoms with E-state index in [1.165, 1.54) is 0 Å². The van der Waals surface area contributed by atoms with E-state index in [-0.39, 0.29) is 6.03 Å². The Morgan fingerprint density at radius 3 is 2.59 bits per heavy atom. The molecule has 1 fully saturated rings. The summed E-state index contributed by atoms with van der Waals surface area (Å²) in [6.07, 6.45) is 2.51. The maximum absolute atomic E-state index is 11.6. The molecule has 2 N–H and O–H groups in total. The molecule has 0 aromatic rings. The molecule has 0 aromatic carbocycles. The average molecular weight is 243 g/mol. The van der Waals surface area contributed by atoms with E-state index >= 15 is 0 Å². The first-order valence-corrected chi connectivity index (χ1v) is 6.63. The van der Waals surface area contributed by atoms with Gasteiger partial charge in [0, 0.05) is 19.6 Å². The zero-order valence-electron chi connectivity index (χ0n) is 11.0. The van der Waals surface area contributed by atoms with Gasteiger partial charge >= 0.3 is 6.03 Å². The standard InChI is InChI=1S/C12H25N3O2/c1-3-15(4-2)12(16)14-9-10-17-11-5-7-13-8-6-11/h11,13H,3-10H2,1-2H3,(H,14,16). The van der Waals surface area contributed by atoms with Crippen molar-refractivity contribution in [3.05, 3.63) is 0 Å². The minimum atomic E-state index is 0.00362. The van der Waals surface area contributed by atoms with Crippen LogP contribution in [0, 0.1) is 0 Å². The highest BCUT2D eigenvalue weighted by Gasteiger charge is 2.13. The topological polar surface area (TPSA) is 53.6 Å². The highest BCUT2D eigenvalue weighted by molar-refractivity contribution is 5.73. The van der Waals surface area contributed by atoms with E-state index in [9.17, 15) is 4.79 Å². The van der Waals surface area contributed by atoms with E-state index in [0.717, 1.165) is 39.0 Å². The summed E-state index contributed by atoms with van der Waals surface area (Å²) in [5.41, 5.74) is 0. The molecule has 1 aliphatic rings.